The lowest BCUT2D eigenvalue weighted by atomic mass is 9.85. The molecule has 1 N–H and O–H groups in total. The second-order valence-electron chi connectivity index (χ2n) is 8.40. The van der Waals surface area contributed by atoms with Crippen LogP contribution >= 0.6 is 23.2 Å². The molecule has 0 bridgehead atoms. The minimum Gasteiger partial charge on any atom is -0.399 e. The van der Waals surface area contributed by atoms with Gasteiger partial charge in [-0.15, -0.1) is 0 Å². The summed E-state index contributed by atoms with van der Waals surface area (Å²) >= 11 is 11.9. The summed E-state index contributed by atoms with van der Waals surface area (Å²) in [6.45, 7) is -0.969. The number of hydrogen-bond donors (Lipinski definition) is 1. The van der Waals surface area contributed by atoms with Crippen molar-refractivity contribution in [1.82, 2.24) is 5.32 Å². The van der Waals surface area contributed by atoms with E-state index in [4.69, 9.17) is 28.0 Å². The van der Waals surface area contributed by atoms with Crippen LogP contribution in [0.5, 0.6) is 0 Å². The number of hydrogen-bond acceptors (Lipinski definition) is 5. The van der Waals surface area contributed by atoms with E-state index in [9.17, 15) is 31.1 Å². The van der Waals surface area contributed by atoms with Crippen molar-refractivity contribution in [2.45, 2.75) is 24.4 Å². The zero-order chi connectivity index (χ0) is 28.6. The summed E-state index contributed by atoms with van der Waals surface area (Å²) in [7, 11) is 0.934. The van der Waals surface area contributed by atoms with Gasteiger partial charge in [0, 0.05) is 33.2 Å². The molecule has 0 fully saturated rings. The highest BCUT2D eigenvalue weighted by Gasteiger charge is 2.62. The number of rotatable bonds is 6. The van der Waals surface area contributed by atoms with Crippen LogP contribution in [0.15, 0.2) is 64.9 Å². The molecule has 0 saturated heterocycles. The quantitative estimate of drug-likeness (QED) is 0.190. The van der Waals surface area contributed by atoms with Gasteiger partial charge in [-0.3, -0.25) is 4.79 Å². The Morgan fingerprint density at radius 3 is 2.28 bits per heavy atom. The Morgan fingerprint density at radius 2 is 1.69 bits per heavy atom. The van der Waals surface area contributed by atoms with Crippen LogP contribution in [0.25, 0.3) is 10.8 Å². The second kappa shape index (κ2) is 10.6. The summed E-state index contributed by atoms with van der Waals surface area (Å²) in [6.07, 6.45) is -10.5. The topological polar surface area (TPSA) is 72.3 Å². The number of amides is 1. The Bertz CT molecular complexity index is 1470. The predicted octanol–water partition coefficient (Wildman–Crippen LogP) is 7.02. The average molecular weight is 592 g/mol. The summed E-state index contributed by atoms with van der Waals surface area (Å²) < 4.78 is 82.4. The van der Waals surface area contributed by atoms with Gasteiger partial charge in [-0.25, -0.2) is 0 Å². The molecule has 206 valence electrons. The number of alkyl halides is 6. The van der Waals surface area contributed by atoms with Crippen LogP contribution in [0, 0.1) is 0 Å². The highest BCUT2D eigenvalue weighted by Crippen LogP contribution is 2.50. The Labute approximate surface area is 227 Å². The number of nitrogens with one attached hydrogen (secondary N) is 1. The number of fused-ring (bicyclic) bond motifs is 1. The van der Waals surface area contributed by atoms with Crippen molar-refractivity contribution < 1.29 is 40.8 Å². The summed E-state index contributed by atoms with van der Waals surface area (Å²) in [4.78, 5) is 22.1. The van der Waals surface area contributed by atoms with Gasteiger partial charge in [-0.2, -0.15) is 26.3 Å². The largest absolute Gasteiger partial charge is 0.435 e. The van der Waals surface area contributed by atoms with E-state index in [1.807, 2.05) is 0 Å². The average Bonchev–Trinajstić information content (AvgIpc) is 3.31. The molecular formula is C25H17Cl2F6N3O3. The second-order valence-corrected chi connectivity index (χ2v) is 9.27. The van der Waals surface area contributed by atoms with Crippen molar-refractivity contribution in [3.05, 3.63) is 81.3 Å². The number of carbonyl (C=O) groups is 1. The molecule has 1 aliphatic heterocycles. The van der Waals surface area contributed by atoms with Crippen LogP contribution in [-0.2, 0) is 15.3 Å². The first-order valence-electron chi connectivity index (χ1n) is 11.0. The van der Waals surface area contributed by atoms with E-state index in [0.717, 1.165) is 19.2 Å². The minimum absolute atomic E-state index is 0.0171. The molecule has 3 aromatic carbocycles. The third-order valence-corrected chi connectivity index (χ3v) is 6.38. The fraction of sp³-hybridized carbons (Fsp3) is 0.240. The van der Waals surface area contributed by atoms with Crippen LogP contribution in [0.4, 0.5) is 26.3 Å². The van der Waals surface area contributed by atoms with Gasteiger partial charge >= 0.3 is 12.4 Å². The molecule has 0 spiro atoms. The summed E-state index contributed by atoms with van der Waals surface area (Å²) in [5, 5.41) is 9.33. The Morgan fingerprint density at radius 1 is 1.05 bits per heavy atom. The van der Waals surface area contributed by atoms with Crippen LogP contribution in [0.2, 0.25) is 10.0 Å². The number of carbonyl (C=O) groups excluding carboxylic acids is 1. The first-order valence-corrected chi connectivity index (χ1v) is 11.8. The van der Waals surface area contributed by atoms with Crippen LogP contribution in [0.1, 0.15) is 27.9 Å². The van der Waals surface area contributed by atoms with Crippen molar-refractivity contribution in [1.29, 1.82) is 0 Å². The van der Waals surface area contributed by atoms with E-state index in [2.05, 4.69) is 20.5 Å². The predicted molar refractivity (Wildman–Crippen MR) is 133 cm³/mol. The number of benzene rings is 3. The molecular weight excluding hydrogens is 575 g/mol. The smallest absolute Gasteiger partial charge is 0.399 e. The fourth-order valence-electron chi connectivity index (χ4n) is 4.14. The van der Waals surface area contributed by atoms with Gasteiger partial charge in [0.1, 0.15) is 7.11 Å². The zero-order valence-electron chi connectivity index (χ0n) is 19.8. The maximum atomic E-state index is 14.4. The fourth-order valence-corrected chi connectivity index (χ4v) is 4.66. The van der Waals surface area contributed by atoms with Gasteiger partial charge in [-0.05, 0) is 35.0 Å². The van der Waals surface area contributed by atoms with E-state index in [1.165, 1.54) is 24.3 Å². The molecule has 14 heteroatoms. The molecule has 1 unspecified atom stereocenters. The standard InChI is InChI=1S/C25H17Cl2F6N3O3/c1-38-36-21(24(28,29)30)12-34-22(37)19-7-6-18(16-4-2-3-5-17(16)19)20-11-23(39-35-20,25(31,32)33)13-8-14(26)10-15(27)9-13/h2-10H,11-12H2,1H3,(H,34,37)/b36-21+. The van der Waals surface area contributed by atoms with Gasteiger partial charge in [0.15, 0.2) is 5.71 Å². The maximum Gasteiger partial charge on any atom is 0.435 e. The van der Waals surface area contributed by atoms with Crippen molar-refractivity contribution in [3.8, 4) is 0 Å². The number of halogens is 8. The normalized spacial score (nSPS) is 18.1. The van der Waals surface area contributed by atoms with Crippen LogP contribution < -0.4 is 5.32 Å². The van der Waals surface area contributed by atoms with E-state index < -0.39 is 42.5 Å². The first kappa shape index (κ1) is 28.5. The molecule has 3 aromatic rings. The Kier molecular flexibility index (Phi) is 7.72. The van der Waals surface area contributed by atoms with Crippen molar-refractivity contribution in [2.75, 3.05) is 13.7 Å². The number of nitrogens with zero attached hydrogens (tertiary/aromatic N) is 2. The SMILES string of the molecule is CO/N=C(\CNC(=O)c1ccc(C2=NOC(c3cc(Cl)cc(Cl)c3)(C(F)(F)F)C2)c2ccccc12)C(F)(F)F. The Hall–Kier alpha value is -3.51. The first-order chi connectivity index (χ1) is 18.3. The van der Waals surface area contributed by atoms with E-state index in [1.54, 1.807) is 18.2 Å². The molecule has 1 aliphatic rings. The highest BCUT2D eigenvalue weighted by molar-refractivity contribution is 6.34. The number of oxime groups is 2. The van der Waals surface area contributed by atoms with Crippen molar-refractivity contribution >= 4 is 51.3 Å². The lowest BCUT2D eigenvalue weighted by Crippen LogP contribution is -2.42. The Balaban J connectivity index is 1.69. The van der Waals surface area contributed by atoms with Crippen LogP contribution in [0.3, 0.4) is 0 Å². The summed E-state index contributed by atoms with van der Waals surface area (Å²) in [5.41, 5.74) is -4.43. The zero-order valence-corrected chi connectivity index (χ0v) is 21.3. The molecule has 0 aliphatic carbocycles. The molecule has 0 radical (unpaired) electrons. The molecule has 39 heavy (non-hydrogen) atoms. The monoisotopic (exact) mass is 591 g/mol. The van der Waals surface area contributed by atoms with Gasteiger partial charge < -0.3 is 15.0 Å². The van der Waals surface area contributed by atoms with E-state index >= 15 is 0 Å². The lowest BCUT2D eigenvalue weighted by molar-refractivity contribution is -0.275. The summed E-state index contributed by atoms with van der Waals surface area (Å²) in [6, 6.07) is 12.3. The van der Waals surface area contributed by atoms with Crippen LogP contribution in [-0.4, -0.2) is 43.3 Å². The maximum absolute atomic E-state index is 14.4. The minimum atomic E-state index is -4.91. The molecule has 1 amide bonds. The molecule has 4 rings (SSSR count). The van der Waals surface area contributed by atoms with E-state index in [-0.39, 0.29) is 37.8 Å². The highest BCUT2D eigenvalue weighted by atomic mass is 35.5. The van der Waals surface area contributed by atoms with Gasteiger partial charge in [0.25, 0.3) is 11.5 Å². The summed E-state index contributed by atoms with van der Waals surface area (Å²) in [5.74, 6) is -0.867. The van der Waals surface area contributed by atoms with Gasteiger partial charge in [0.05, 0.1) is 12.3 Å². The van der Waals surface area contributed by atoms with E-state index in [0.29, 0.717) is 5.39 Å². The molecule has 1 atom stereocenters. The third kappa shape index (κ3) is 5.62. The lowest BCUT2D eigenvalue weighted by Gasteiger charge is -2.29. The van der Waals surface area contributed by atoms with Gasteiger partial charge in [-0.1, -0.05) is 63.8 Å². The molecule has 6 nitrogen and oxygen atoms in total. The molecule has 0 aromatic heterocycles. The van der Waals surface area contributed by atoms with Gasteiger partial charge in [0.2, 0.25) is 0 Å². The third-order valence-electron chi connectivity index (χ3n) is 5.94. The van der Waals surface area contributed by atoms with Crippen molar-refractivity contribution in [2.24, 2.45) is 10.3 Å². The van der Waals surface area contributed by atoms with Crippen molar-refractivity contribution in [3.63, 3.8) is 0 Å². The molecule has 1 heterocycles. The molecule has 0 saturated carbocycles.